The van der Waals surface area contributed by atoms with Crippen LogP contribution >= 0.6 is 0 Å². The highest BCUT2D eigenvalue weighted by molar-refractivity contribution is 5.91. The summed E-state index contributed by atoms with van der Waals surface area (Å²) in [7, 11) is 1.91. The number of hydrogen-bond acceptors (Lipinski definition) is 4. The van der Waals surface area contributed by atoms with Crippen LogP contribution in [0.3, 0.4) is 0 Å². The molecule has 1 saturated heterocycles. The largest absolute Gasteiger partial charge is 0.490 e. The summed E-state index contributed by atoms with van der Waals surface area (Å²) in [5, 5.41) is 0. The van der Waals surface area contributed by atoms with E-state index in [9.17, 15) is 4.79 Å². The van der Waals surface area contributed by atoms with Gasteiger partial charge in [0.1, 0.15) is 0 Å². The minimum atomic E-state index is 0.0461. The molecule has 150 valence electrons. The molecule has 0 bridgehead atoms. The molecule has 0 N–H and O–H groups in total. The topological polar surface area (TPSA) is 42.0 Å². The van der Waals surface area contributed by atoms with Crippen LogP contribution in [0.1, 0.15) is 46.1 Å². The maximum atomic E-state index is 12.6. The van der Waals surface area contributed by atoms with Crippen molar-refractivity contribution in [2.24, 2.45) is 0 Å². The third-order valence-electron chi connectivity index (χ3n) is 5.11. The molecule has 1 aromatic carbocycles. The molecule has 0 aromatic heterocycles. The molecule has 1 aliphatic heterocycles. The number of rotatable bonds is 8. The SMILES string of the molecule is CCOc1ccc(/C=C/C(=O)N(C)C2CCN(C(C)C)CC2)cc1OCC. The van der Waals surface area contributed by atoms with Crippen LogP contribution < -0.4 is 9.47 Å². The van der Waals surface area contributed by atoms with Crippen LogP contribution in [0, 0.1) is 0 Å². The van der Waals surface area contributed by atoms with E-state index in [4.69, 9.17) is 9.47 Å². The molecule has 0 atom stereocenters. The third kappa shape index (κ3) is 5.99. The Hall–Kier alpha value is -2.01. The molecule has 0 unspecified atom stereocenters. The first kappa shape index (κ1) is 21.3. The number of likely N-dealkylation sites (tertiary alicyclic amines) is 1. The van der Waals surface area contributed by atoms with Crippen LogP contribution in [0.4, 0.5) is 0 Å². The van der Waals surface area contributed by atoms with Crippen LogP contribution in [0.5, 0.6) is 11.5 Å². The van der Waals surface area contributed by atoms with Crippen molar-refractivity contribution in [3.63, 3.8) is 0 Å². The zero-order chi connectivity index (χ0) is 19.8. The van der Waals surface area contributed by atoms with E-state index in [1.54, 1.807) is 6.08 Å². The van der Waals surface area contributed by atoms with E-state index in [0.29, 0.717) is 31.0 Å². The van der Waals surface area contributed by atoms with E-state index in [0.717, 1.165) is 37.2 Å². The summed E-state index contributed by atoms with van der Waals surface area (Å²) in [4.78, 5) is 16.9. The molecule has 2 rings (SSSR count). The molecule has 5 nitrogen and oxygen atoms in total. The summed E-state index contributed by atoms with van der Waals surface area (Å²) in [6.07, 6.45) is 5.57. The summed E-state index contributed by atoms with van der Waals surface area (Å²) in [6.45, 7) is 11.6. The monoisotopic (exact) mass is 374 g/mol. The quantitative estimate of drug-likeness (QED) is 0.649. The standard InChI is InChI=1S/C22H34N2O3/c1-6-26-20-10-8-18(16-21(20)27-7-2)9-11-22(25)23(5)19-12-14-24(15-13-19)17(3)4/h8-11,16-17,19H,6-7,12-15H2,1-5H3/b11-9+. The lowest BCUT2D eigenvalue weighted by Gasteiger charge is -2.38. The summed E-state index contributed by atoms with van der Waals surface area (Å²) >= 11 is 0. The maximum absolute atomic E-state index is 12.6. The number of ether oxygens (including phenoxy) is 2. The highest BCUT2D eigenvalue weighted by Gasteiger charge is 2.25. The summed E-state index contributed by atoms with van der Waals surface area (Å²) < 4.78 is 11.2. The van der Waals surface area contributed by atoms with Crippen LogP contribution in [0.15, 0.2) is 24.3 Å². The molecule has 1 heterocycles. The van der Waals surface area contributed by atoms with E-state index >= 15 is 0 Å². The minimum absolute atomic E-state index is 0.0461. The van der Waals surface area contributed by atoms with Gasteiger partial charge in [-0.2, -0.15) is 0 Å². The second kappa shape index (κ2) is 10.4. The average Bonchev–Trinajstić information content (AvgIpc) is 2.67. The van der Waals surface area contributed by atoms with E-state index in [-0.39, 0.29) is 5.91 Å². The van der Waals surface area contributed by atoms with Gasteiger partial charge in [-0.25, -0.2) is 0 Å². The van der Waals surface area contributed by atoms with Crippen molar-refractivity contribution < 1.29 is 14.3 Å². The van der Waals surface area contributed by atoms with Crippen molar-refractivity contribution in [3.8, 4) is 11.5 Å². The summed E-state index contributed by atoms with van der Waals surface area (Å²) in [6, 6.07) is 6.64. The van der Waals surface area contributed by atoms with E-state index in [1.807, 2.05) is 50.1 Å². The number of carbonyl (C=O) groups is 1. The van der Waals surface area contributed by atoms with Crippen molar-refractivity contribution in [1.29, 1.82) is 0 Å². The predicted molar refractivity (Wildman–Crippen MR) is 110 cm³/mol. The molecule has 27 heavy (non-hydrogen) atoms. The molecule has 0 spiro atoms. The molecule has 0 saturated carbocycles. The lowest BCUT2D eigenvalue weighted by atomic mass is 10.0. The van der Waals surface area contributed by atoms with Crippen molar-refractivity contribution in [1.82, 2.24) is 9.80 Å². The van der Waals surface area contributed by atoms with Crippen molar-refractivity contribution in [3.05, 3.63) is 29.8 Å². The first-order chi connectivity index (χ1) is 13.0. The van der Waals surface area contributed by atoms with Gasteiger partial charge in [-0.3, -0.25) is 4.79 Å². The van der Waals surface area contributed by atoms with Crippen molar-refractivity contribution in [2.75, 3.05) is 33.4 Å². The second-order valence-corrected chi connectivity index (χ2v) is 7.22. The normalized spacial score (nSPS) is 16.1. The van der Waals surface area contributed by atoms with Gasteiger partial charge in [0.15, 0.2) is 11.5 Å². The lowest BCUT2D eigenvalue weighted by molar-refractivity contribution is -0.127. The highest BCUT2D eigenvalue weighted by Crippen LogP contribution is 2.29. The number of benzene rings is 1. The Balaban J connectivity index is 1.98. The van der Waals surface area contributed by atoms with Gasteiger partial charge in [0.25, 0.3) is 0 Å². The van der Waals surface area contributed by atoms with Gasteiger partial charge in [-0.15, -0.1) is 0 Å². The number of piperidine rings is 1. The third-order valence-corrected chi connectivity index (χ3v) is 5.11. The summed E-state index contributed by atoms with van der Waals surface area (Å²) in [5.74, 6) is 1.49. The van der Waals surface area contributed by atoms with Crippen molar-refractivity contribution >= 4 is 12.0 Å². The predicted octanol–water partition coefficient (Wildman–Crippen LogP) is 3.83. The van der Waals surface area contributed by atoms with Gasteiger partial charge in [-0.1, -0.05) is 6.07 Å². The van der Waals surface area contributed by atoms with E-state index < -0.39 is 0 Å². The Morgan fingerprint density at radius 3 is 2.41 bits per heavy atom. The molecule has 1 aliphatic rings. The Labute approximate surface area is 163 Å². The Bertz CT molecular complexity index is 634. The van der Waals surface area contributed by atoms with E-state index in [2.05, 4.69) is 18.7 Å². The Morgan fingerprint density at radius 2 is 1.81 bits per heavy atom. The smallest absolute Gasteiger partial charge is 0.246 e. The fraction of sp³-hybridized carbons (Fsp3) is 0.591. The van der Waals surface area contributed by atoms with Crippen molar-refractivity contribution in [2.45, 2.75) is 52.6 Å². The van der Waals surface area contributed by atoms with Crippen LogP contribution in [-0.4, -0.2) is 61.1 Å². The zero-order valence-corrected chi connectivity index (χ0v) is 17.4. The van der Waals surface area contributed by atoms with Gasteiger partial charge in [0, 0.05) is 38.3 Å². The number of nitrogens with zero attached hydrogens (tertiary/aromatic N) is 2. The van der Waals surface area contributed by atoms with Gasteiger partial charge >= 0.3 is 0 Å². The number of likely N-dealkylation sites (N-methyl/N-ethyl adjacent to an activating group) is 1. The van der Waals surface area contributed by atoms with Crippen LogP contribution in [0.2, 0.25) is 0 Å². The highest BCUT2D eigenvalue weighted by atomic mass is 16.5. The van der Waals surface area contributed by atoms with Gasteiger partial charge in [0.05, 0.1) is 13.2 Å². The first-order valence-electron chi connectivity index (χ1n) is 10.0. The molecule has 1 fully saturated rings. The zero-order valence-electron chi connectivity index (χ0n) is 17.4. The second-order valence-electron chi connectivity index (χ2n) is 7.22. The Kier molecular flexibility index (Phi) is 8.17. The van der Waals surface area contributed by atoms with E-state index in [1.165, 1.54) is 0 Å². The molecular formula is C22H34N2O3. The van der Waals surface area contributed by atoms with Crippen LogP contribution in [-0.2, 0) is 4.79 Å². The minimum Gasteiger partial charge on any atom is -0.490 e. The molecule has 1 amide bonds. The summed E-state index contributed by atoms with van der Waals surface area (Å²) in [5.41, 5.74) is 0.929. The number of carbonyl (C=O) groups excluding carboxylic acids is 1. The fourth-order valence-electron chi connectivity index (χ4n) is 3.43. The molecule has 0 radical (unpaired) electrons. The van der Waals surface area contributed by atoms with Gasteiger partial charge < -0.3 is 19.3 Å². The lowest BCUT2D eigenvalue weighted by Crippen LogP contribution is -2.47. The average molecular weight is 375 g/mol. The molecule has 0 aliphatic carbocycles. The molecule has 1 aromatic rings. The van der Waals surface area contributed by atoms with Gasteiger partial charge in [0.2, 0.25) is 5.91 Å². The number of hydrogen-bond donors (Lipinski definition) is 0. The first-order valence-corrected chi connectivity index (χ1v) is 10.0. The molecule has 5 heteroatoms. The fourth-order valence-corrected chi connectivity index (χ4v) is 3.43. The number of amides is 1. The van der Waals surface area contributed by atoms with Crippen LogP contribution in [0.25, 0.3) is 6.08 Å². The molecular weight excluding hydrogens is 340 g/mol. The van der Waals surface area contributed by atoms with Gasteiger partial charge in [-0.05, 0) is 64.3 Å². The maximum Gasteiger partial charge on any atom is 0.246 e. The Morgan fingerprint density at radius 1 is 1.19 bits per heavy atom.